The molecule has 1 aromatic carbocycles. The lowest BCUT2D eigenvalue weighted by molar-refractivity contribution is 0.211. The smallest absolute Gasteiger partial charge is 0.227 e. The van der Waals surface area contributed by atoms with E-state index in [4.69, 9.17) is 10.3 Å². The summed E-state index contributed by atoms with van der Waals surface area (Å²) in [6.45, 7) is 3.87. The second-order valence-corrected chi connectivity index (χ2v) is 4.47. The Hall–Kier alpha value is -1.81. The molecule has 1 atom stereocenters. The Balaban J connectivity index is 1.81. The number of aromatic nitrogens is 1. The van der Waals surface area contributed by atoms with E-state index < -0.39 is 0 Å². The molecular formula is C13H15N3O. The van der Waals surface area contributed by atoms with E-state index in [1.165, 1.54) is 5.56 Å². The molecule has 3 rings (SSSR count). The number of nitrogens with zero attached hydrogens (tertiary/aromatic N) is 2. The number of fused-ring (bicyclic) bond motifs is 1. The third kappa shape index (κ3) is 1.70. The summed E-state index contributed by atoms with van der Waals surface area (Å²) in [5.41, 5.74) is 9.12. The van der Waals surface area contributed by atoms with E-state index in [9.17, 15) is 0 Å². The largest absolute Gasteiger partial charge is 0.367 e. The van der Waals surface area contributed by atoms with Gasteiger partial charge in [-0.05, 0) is 12.5 Å². The first-order chi connectivity index (χ1) is 8.25. The Morgan fingerprint density at radius 2 is 2.18 bits per heavy atom. The predicted molar refractivity (Wildman–Crippen MR) is 65.0 cm³/mol. The van der Waals surface area contributed by atoms with Crippen LogP contribution < -0.4 is 5.73 Å². The van der Waals surface area contributed by atoms with Gasteiger partial charge in [0.1, 0.15) is 5.69 Å². The van der Waals surface area contributed by atoms with Crippen LogP contribution in [0.5, 0.6) is 0 Å². The fourth-order valence-corrected chi connectivity index (χ4v) is 2.43. The second-order valence-electron chi connectivity index (χ2n) is 4.47. The van der Waals surface area contributed by atoms with Crippen LogP contribution in [-0.4, -0.2) is 10.1 Å². The Bertz CT molecular complexity index is 521. The van der Waals surface area contributed by atoms with Gasteiger partial charge in [-0.3, -0.25) is 4.90 Å². The molecule has 17 heavy (non-hydrogen) atoms. The van der Waals surface area contributed by atoms with E-state index in [-0.39, 0.29) is 6.04 Å². The standard InChI is InChI=1S/C13H15N3O/c1-9-12-11(15-17-13(12)14)8-16(9)7-10-5-3-2-4-6-10/h2-6,9H,7-8,14H2,1H3. The fraction of sp³-hybridized carbons (Fsp3) is 0.308. The molecule has 4 nitrogen and oxygen atoms in total. The zero-order valence-corrected chi connectivity index (χ0v) is 9.76. The first-order valence-corrected chi connectivity index (χ1v) is 5.77. The van der Waals surface area contributed by atoms with Crippen molar-refractivity contribution in [1.82, 2.24) is 10.1 Å². The molecule has 1 aliphatic heterocycles. The van der Waals surface area contributed by atoms with Crippen molar-refractivity contribution in [2.75, 3.05) is 5.73 Å². The molecule has 0 amide bonds. The number of benzene rings is 1. The maximum atomic E-state index is 5.78. The van der Waals surface area contributed by atoms with E-state index in [1.807, 2.05) is 6.07 Å². The van der Waals surface area contributed by atoms with Gasteiger partial charge in [-0.15, -0.1) is 0 Å². The minimum Gasteiger partial charge on any atom is -0.367 e. The Labute approximate surface area is 100 Å². The molecule has 0 aliphatic carbocycles. The molecule has 4 heteroatoms. The van der Waals surface area contributed by atoms with Gasteiger partial charge in [0.05, 0.1) is 5.56 Å². The van der Waals surface area contributed by atoms with E-state index in [1.54, 1.807) is 0 Å². The Morgan fingerprint density at radius 1 is 1.41 bits per heavy atom. The lowest BCUT2D eigenvalue weighted by atomic mass is 10.1. The molecule has 0 saturated heterocycles. The molecule has 1 aliphatic rings. The summed E-state index contributed by atoms with van der Waals surface area (Å²) in [5, 5.41) is 4.00. The molecule has 2 N–H and O–H groups in total. The molecular weight excluding hydrogens is 214 g/mol. The summed E-state index contributed by atoms with van der Waals surface area (Å²) in [7, 11) is 0. The maximum Gasteiger partial charge on any atom is 0.227 e. The highest BCUT2D eigenvalue weighted by Crippen LogP contribution is 2.37. The molecule has 88 valence electrons. The second kappa shape index (κ2) is 3.89. The van der Waals surface area contributed by atoms with Crippen LogP contribution in [0.2, 0.25) is 0 Å². The van der Waals surface area contributed by atoms with E-state index in [0.29, 0.717) is 5.88 Å². The van der Waals surface area contributed by atoms with Gasteiger partial charge in [-0.25, -0.2) is 0 Å². The third-order valence-electron chi connectivity index (χ3n) is 3.38. The van der Waals surface area contributed by atoms with Crippen molar-refractivity contribution in [3.05, 3.63) is 47.2 Å². The topological polar surface area (TPSA) is 55.3 Å². The van der Waals surface area contributed by atoms with Crippen LogP contribution in [-0.2, 0) is 13.1 Å². The summed E-state index contributed by atoms with van der Waals surface area (Å²) in [4.78, 5) is 2.35. The first kappa shape index (κ1) is 10.4. The number of nitrogen functional groups attached to an aromatic ring is 1. The van der Waals surface area contributed by atoms with Gasteiger partial charge in [-0.1, -0.05) is 35.5 Å². The summed E-state index contributed by atoms with van der Waals surface area (Å²) < 4.78 is 5.01. The minimum atomic E-state index is 0.274. The van der Waals surface area contributed by atoms with Crippen LogP contribution in [0.1, 0.15) is 29.8 Å². The molecule has 1 unspecified atom stereocenters. The van der Waals surface area contributed by atoms with Gasteiger partial charge in [-0.2, -0.15) is 0 Å². The lowest BCUT2D eigenvalue weighted by Gasteiger charge is -2.21. The third-order valence-corrected chi connectivity index (χ3v) is 3.38. The van der Waals surface area contributed by atoms with Crippen molar-refractivity contribution in [3.63, 3.8) is 0 Å². The zero-order chi connectivity index (χ0) is 11.8. The van der Waals surface area contributed by atoms with Crippen LogP contribution in [0.3, 0.4) is 0 Å². The van der Waals surface area contributed by atoms with Gasteiger partial charge >= 0.3 is 0 Å². The van der Waals surface area contributed by atoms with E-state index in [2.05, 4.69) is 41.2 Å². The molecule has 0 fully saturated rings. The van der Waals surface area contributed by atoms with Gasteiger partial charge in [0.2, 0.25) is 5.88 Å². The quantitative estimate of drug-likeness (QED) is 0.858. The van der Waals surface area contributed by atoms with E-state index in [0.717, 1.165) is 24.3 Å². The number of hydrogen-bond donors (Lipinski definition) is 1. The van der Waals surface area contributed by atoms with Crippen LogP contribution in [0.4, 0.5) is 5.88 Å². The predicted octanol–water partition coefficient (Wildman–Crippen LogP) is 2.33. The molecule has 0 spiro atoms. The average Bonchev–Trinajstić information content (AvgIpc) is 2.84. The number of anilines is 1. The van der Waals surface area contributed by atoms with Crippen LogP contribution in [0, 0.1) is 0 Å². The van der Waals surface area contributed by atoms with Gasteiger partial charge in [0, 0.05) is 19.1 Å². The van der Waals surface area contributed by atoms with Gasteiger partial charge < -0.3 is 10.3 Å². The molecule has 0 bridgehead atoms. The maximum absolute atomic E-state index is 5.78. The van der Waals surface area contributed by atoms with Crippen LogP contribution in [0.15, 0.2) is 34.9 Å². The first-order valence-electron chi connectivity index (χ1n) is 5.77. The highest BCUT2D eigenvalue weighted by Gasteiger charge is 2.32. The van der Waals surface area contributed by atoms with Crippen LogP contribution in [0.25, 0.3) is 0 Å². The number of hydrogen-bond acceptors (Lipinski definition) is 4. The number of nitrogens with two attached hydrogens (primary N) is 1. The summed E-state index contributed by atoms with van der Waals surface area (Å²) in [6.07, 6.45) is 0. The lowest BCUT2D eigenvalue weighted by Crippen LogP contribution is -2.20. The van der Waals surface area contributed by atoms with Crippen molar-refractivity contribution in [1.29, 1.82) is 0 Å². The molecule has 0 saturated carbocycles. The SMILES string of the molecule is CC1c2c(noc2N)CN1Cc1ccccc1. The van der Waals surface area contributed by atoms with Gasteiger partial charge in [0.15, 0.2) is 0 Å². The van der Waals surface area contributed by atoms with Gasteiger partial charge in [0.25, 0.3) is 0 Å². The number of rotatable bonds is 2. The van der Waals surface area contributed by atoms with Crippen molar-refractivity contribution < 1.29 is 4.52 Å². The van der Waals surface area contributed by atoms with Crippen molar-refractivity contribution in [2.45, 2.75) is 26.1 Å². The highest BCUT2D eigenvalue weighted by molar-refractivity contribution is 5.43. The fourth-order valence-electron chi connectivity index (χ4n) is 2.43. The average molecular weight is 229 g/mol. The minimum absolute atomic E-state index is 0.274. The Kier molecular flexibility index (Phi) is 2.37. The zero-order valence-electron chi connectivity index (χ0n) is 9.76. The van der Waals surface area contributed by atoms with Crippen molar-refractivity contribution >= 4 is 5.88 Å². The monoisotopic (exact) mass is 229 g/mol. The normalized spacial score (nSPS) is 19.5. The summed E-state index contributed by atoms with van der Waals surface area (Å²) in [6, 6.07) is 10.7. The van der Waals surface area contributed by atoms with E-state index >= 15 is 0 Å². The summed E-state index contributed by atoms with van der Waals surface area (Å²) in [5.74, 6) is 0.461. The molecule has 0 radical (unpaired) electrons. The molecule has 2 heterocycles. The molecule has 1 aromatic heterocycles. The Morgan fingerprint density at radius 3 is 2.88 bits per heavy atom. The summed E-state index contributed by atoms with van der Waals surface area (Å²) >= 11 is 0. The molecule has 2 aromatic rings. The van der Waals surface area contributed by atoms with Crippen LogP contribution >= 0.6 is 0 Å². The highest BCUT2D eigenvalue weighted by atomic mass is 16.5. The van der Waals surface area contributed by atoms with Crippen molar-refractivity contribution in [3.8, 4) is 0 Å². The van der Waals surface area contributed by atoms with Crippen molar-refractivity contribution in [2.24, 2.45) is 0 Å².